The molecule has 3 aromatic rings. The number of nitrogens with one attached hydrogen (secondary N) is 1. The van der Waals surface area contributed by atoms with Crippen LogP contribution in [0.3, 0.4) is 0 Å². The van der Waals surface area contributed by atoms with Crippen molar-refractivity contribution in [3.05, 3.63) is 50.7 Å². The van der Waals surface area contributed by atoms with Gasteiger partial charge in [-0.1, -0.05) is 15.9 Å². The average molecular weight is 384 g/mol. The van der Waals surface area contributed by atoms with Gasteiger partial charge in [0, 0.05) is 16.1 Å². The van der Waals surface area contributed by atoms with Crippen molar-refractivity contribution < 1.29 is 4.39 Å². The third-order valence-corrected chi connectivity index (χ3v) is 3.91. The van der Waals surface area contributed by atoms with E-state index in [0.717, 1.165) is 26.9 Å². The van der Waals surface area contributed by atoms with E-state index in [1.807, 2.05) is 25.1 Å². The van der Waals surface area contributed by atoms with E-state index in [1.165, 1.54) is 6.07 Å². The van der Waals surface area contributed by atoms with Crippen molar-refractivity contribution in [3.63, 3.8) is 0 Å². The van der Waals surface area contributed by atoms with Crippen molar-refractivity contribution in [2.75, 3.05) is 0 Å². The second-order valence-corrected chi connectivity index (χ2v) is 6.16. The molecular formula is C14H9Br2FN2. The fraction of sp³-hybridized carbons (Fsp3) is 0.0714. The first-order valence-corrected chi connectivity index (χ1v) is 7.24. The number of imidazole rings is 1. The van der Waals surface area contributed by atoms with Crippen LogP contribution in [0.25, 0.3) is 22.4 Å². The molecule has 0 saturated heterocycles. The highest BCUT2D eigenvalue weighted by Crippen LogP contribution is 2.27. The SMILES string of the molecule is Cc1cc(Br)cc(-c2nc3cc(Br)c(F)cc3[nH]2)c1. The van der Waals surface area contributed by atoms with Gasteiger partial charge in [0.05, 0.1) is 15.5 Å². The Morgan fingerprint density at radius 3 is 2.63 bits per heavy atom. The van der Waals surface area contributed by atoms with Crippen LogP contribution < -0.4 is 0 Å². The van der Waals surface area contributed by atoms with Crippen molar-refractivity contribution in [2.45, 2.75) is 6.92 Å². The summed E-state index contributed by atoms with van der Waals surface area (Å²) in [5.74, 6) is 0.435. The molecule has 0 amide bonds. The third kappa shape index (κ3) is 2.44. The Morgan fingerprint density at radius 1 is 1.11 bits per heavy atom. The predicted molar refractivity (Wildman–Crippen MR) is 81.6 cm³/mol. The van der Waals surface area contributed by atoms with Gasteiger partial charge in [-0.2, -0.15) is 0 Å². The van der Waals surface area contributed by atoms with Gasteiger partial charge in [-0.3, -0.25) is 0 Å². The summed E-state index contributed by atoms with van der Waals surface area (Å²) in [4.78, 5) is 7.64. The molecule has 0 aliphatic carbocycles. The summed E-state index contributed by atoms with van der Waals surface area (Å²) >= 11 is 6.64. The molecule has 0 spiro atoms. The smallest absolute Gasteiger partial charge is 0.139 e. The Hall–Kier alpha value is -1.20. The van der Waals surface area contributed by atoms with Gasteiger partial charge in [0.15, 0.2) is 0 Å². The van der Waals surface area contributed by atoms with Crippen molar-refractivity contribution in [1.29, 1.82) is 0 Å². The maximum atomic E-state index is 13.5. The maximum Gasteiger partial charge on any atom is 0.139 e. The van der Waals surface area contributed by atoms with E-state index < -0.39 is 0 Å². The molecule has 2 aromatic carbocycles. The number of benzene rings is 2. The summed E-state index contributed by atoms with van der Waals surface area (Å²) < 4.78 is 14.9. The van der Waals surface area contributed by atoms with Gasteiger partial charge in [-0.05, 0) is 52.7 Å². The number of halogens is 3. The molecule has 0 aliphatic rings. The number of nitrogens with zero attached hydrogens (tertiary/aromatic N) is 1. The van der Waals surface area contributed by atoms with E-state index in [1.54, 1.807) is 6.07 Å². The molecule has 0 unspecified atom stereocenters. The number of H-pyrrole nitrogens is 1. The van der Waals surface area contributed by atoms with Gasteiger partial charge in [0.1, 0.15) is 11.6 Å². The number of hydrogen-bond donors (Lipinski definition) is 1. The Bertz CT molecular complexity index is 721. The Labute approximate surface area is 126 Å². The van der Waals surface area contributed by atoms with Crippen LogP contribution in [0.5, 0.6) is 0 Å². The Kier molecular flexibility index (Phi) is 3.19. The lowest BCUT2D eigenvalue weighted by Crippen LogP contribution is -1.82. The largest absolute Gasteiger partial charge is 0.338 e. The van der Waals surface area contributed by atoms with E-state index in [-0.39, 0.29) is 5.82 Å². The molecule has 5 heteroatoms. The van der Waals surface area contributed by atoms with Crippen LogP contribution in [0.1, 0.15) is 5.56 Å². The summed E-state index contributed by atoms with van der Waals surface area (Å²) in [6.07, 6.45) is 0. The van der Waals surface area contributed by atoms with Gasteiger partial charge in [0.25, 0.3) is 0 Å². The zero-order valence-corrected chi connectivity index (χ0v) is 13.1. The second-order valence-electron chi connectivity index (χ2n) is 4.39. The first-order valence-electron chi connectivity index (χ1n) is 5.65. The summed E-state index contributed by atoms with van der Waals surface area (Å²) in [5, 5.41) is 0. The molecule has 1 heterocycles. The standard InChI is InChI=1S/C14H9Br2FN2/c1-7-2-8(4-9(15)3-7)14-18-12-5-10(16)11(17)6-13(12)19-14/h2-6H,1H3,(H,18,19). The number of rotatable bonds is 1. The lowest BCUT2D eigenvalue weighted by molar-refractivity contribution is 0.623. The van der Waals surface area contributed by atoms with Gasteiger partial charge in [-0.25, -0.2) is 9.37 Å². The fourth-order valence-corrected chi connectivity index (χ4v) is 2.95. The fourth-order valence-electron chi connectivity index (χ4n) is 2.01. The molecule has 3 rings (SSSR count). The lowest BCUT2D eigenvalue weighted by atomic mass is 10.1. The van der Waals surface area contributed by atoms with E-state index in [0.29, 0.717) is 9.99 Å². The van der Waals surface area contributed by atoms with Gasteiger partial charge in [0.2, 0.25) is 0 Å². The number of aromatic amines is 1. The lowest BCUT2D eigenvalue weighted by Gasteiger charge is -2.00. The summed E-state index contributed by atoms with van der Waals surface area (Å²) in [6.45, 7) is 2.02. The molecule has 0 bridgehead atoms. The minimum Gasteiger partial charge on any atom is -0.338 e. The first kappa shape index (κ1) is 12.8. The number of aromatic nitrogens is 2. The minimum absolute atomic E-state index is 0.298. The third-order valence-electron chi connectivity index (χ3n) is 2.84. The first-order chi connectivity index (χ1) is 9.02. The molecule has 0 fully saturated rings. The minimum atomic E-state index is -0.298. The number of fused-ring (bicyclic) bond motifs is 1. The molecule has 0 atom stereocenters. The van der Waals surface area contributed by atoms with Crippen LogP contribution in [0.4, 0.5) is 4.39 Å². The van der Waals surface area contributed by atoms with Crippen molar-refractivity contribution in [3.8, 4) is 11.4 Å². The van der Waals surface area contributed by atoms with Crippen LogP contribution in [-0.4, -0.2) is 9.97 Å². The number of hydrogen-bond acceptors (Lipinski definition) is 1. The zero-order chi connectivity index (χ0) is 13.6. The quantitative estimate of drug-likeness (QED) is 0.614. The molecule has 1 aromatic heterocycles. The van der Waals surface area contributed by atoms with Crippen LogP contribution in [-0.2, 0) is 0 Å². The predicted octanol–water partition coefficient (Wildman–Crippen LogP) is 5.20. The highest BCUT2D eigenvalue weighted by atomic mass is 79.9. The van der Waals surface area contributed by atoms with E-state index in [4.69, 9.17) is 0 Å². The Balaban J connectivity index is 2.20. The van der Waals surface area contributed by atoms with E-state index in [9.17, 15) is 4.39 Å². The van der Waals surface area contributed by atoms with Crippen molar-refractivity contribution >= 4 is 42.9 Å². The molecule has 0 aliphatic heterocycles. The van der Waals surface area contributed by atoms with E-state index >= 15 is 0 Å². The molecule has 1 N–H and O–H groups in total. The average Bonchev–Trinajstić information content (AvgIpc) is 2.71. The molecule has 0 saturated carbocycles. The van der Waals surface area contributed by atoms with Crippen LogP contribution in [0.2, 0.25) is 0 Å². The summed E-state index contributed by atoms with van der Waals surface area (Å²) in [6, 6.07) is 9.17. The van der Waals surface area contributed by atoms with Gasteiger partial charge >= 0.3 is 0 Å². The molecule has 0 radical (unpaired) electrons. The molecule has 2 nitrogen and oxygen atoms in total. The Morgan fingerprint density at radius 2 is 1.89 bits per heavy atom. The zero-order valence-electron chi connectivity index (χ0n) is 9.97. The highest BCUT2D eigenvalue weighted by Gasteiger charge is 2.09. The van der Waals surface area contributed by atoms with Crippen LogP contribution >= 0.6 is 31.9 Å². The highest BCUT2D eigenvalue weighted by molar-refractivity contribution is 9.10. The molecular weight excluding hydrogens is 375 g/mol. The van der Waals surface area contributed by atoms with Crippen LogP contribution in [0, 0.1) is 12.7 Å². The van der Waals surface area contributed by atoms with Crippen molar-refractivity contribution in [2.24, 2.45) is 0 Å². The summed E-state index contributed by atoms with van der Waals surface area (Å²) in [5.41, 5.74) is 3.53. The second kappa shape index (κ2) is 4.72. The molecule has 19 heavy (non-hydrogen) atoms. The molecule has 96 valence electrons. The maximum absolute atomic E-state index is 13.5. The summed E-state index contributed by atoms with van der Waals surface area (Å²) in [7, 11) is 0. The number of aryl methyl sites for hydroxylation is 1. The topological polar surface area (TPSA) is 28.7 Å². The van der Waals surface area contributed by atoms with E-state index in [2.05, 4.69) is 41.8 Å². The van der Waals surface area contributed by atoms with Gasteiger partial charge < -0.3 is 4.98 Å². The normalized spacial score (nSPS) is 11.2. The van der Waals surface area contributed by atoms with Crippen LogP contribution in [0.15, 0.2) is 39.3 Å². The van der Waals surface area contributed by atoms with Gasteiger partial charge in [-0.15, -0.1) is 0 Å². The monoisotopic (exact) mass is 382 g/mol. The van der Waals surface area contributed by atoms with Crippen molar-refractivity contribution in [1.82, 2.24) is 9.97 Å².